The van der Waals surface area contributed by atoms with E-state index in [0.29, 0.717) is 12.5 Å². The Balaban J connectivity index is 1.36. The summed E-state index contributed by atoms with van der Waals surface area (Å²) in [5.41, 5.74) is 0.272. The first kappa shape index (κ1) is 21.9. The molecule has 1 aliphatic heterocycles. The molecule has 3 rings (SSSR count). The van der Waals surface area contributed by atoms with Gasteiger partial charge >= 0.3 is 6.18 Å². The summed E-state index contributed by atoms with van der Waals surface area (Å²) in [7, 11) is 0. The first-order valence-electron chi connectivity index (χ1n) is 10.8. The van der Waals surface area contributed by atoms with Crippen LogP contribution in [0.5, 0.6) is 0 Å². The van der Waals surface area contributed by atoms with Gasteiger partial charge in [0.15, 0.2) is 0 Å². The van der Waals surface area contributed by atoms with E-state index in [9.17, 15) is 18.0 Å². The monoisotopic (exact) mass is 411 g/mol. The third kappa shape index (κ3) is 6.36. The molecule has 1 aromatic carbocycles. The van der Waals surface area contributed by atoms with E-state index in [1.807, 2.05) is 6.92 Å². The summed E-state index contributed by atoms with van der Waals surface area (Å²) in [5, 5.41) is 3.11. The second-order valence-corrected chi connectivity index (χ2v) is 8.30. The van der Waals surface area contributed by atoms with Crippen molar-refractivity contribution in [2.45, 2.75) is 57.7 Å². The first-order valence-corrected chi connectivity index (χ1v) is 10.8. The number of anilines is 1. The Hall–Kier alpha value is -1.76. The summed E-state index contributed by atoms with van der Waals surface area (Å²) in [5.74, 6) is 0.886. The van der Waals surface area contributed by atoms with Crippen LogP contribution in [0, 0.1) is 5.92 Å². The van der Waals surface area contributed by atoms with Gasteiger partial charge < -0.3 is 10.2 Å². The molecule has 0 atom stereocenters. The maximum atomic E-state index is 12.7. The maximum absolute atomic E-state index is 12.7. The Bertz CT molecular complexity index is 646. The predicted molar refractivity (Wildman–Crippen MR) is 109 cm³/mol. The molecule has 0 unspecified atom stereocenters. The summed E-state index contributed by atoms with van der Waals surface area (Å²) >= 11 is 0. The number of amides is 1. The van der Waals surface area contributed by atoms with Gasteiger partial charge in [0, 0.05) is 44.3 Å². The zero-order valence-electron chi connectivity index (χ0n) is 17.2. The molecule has 0 bridgehead atoms. The van der Waals surface area contributed by atoms with Crippen LogP contribution in [0.3, 0.4) is 0 Å². The van der Waals surface area contributed by atoms with Gasteiger partial charge in [-0.25, -0.2) is 0 Å². The zero-order valence-corrected chi connectivity index (χ0v) is 17.2. The maximum Gasteiger partial charge on any atom is 0.416 e. The SMILES string of the molecule is CCC(=O)NC1CCC(CCN2CCN(c3ccc(C(F)(F)F)cc3)CC2)CC1. The number of nitrogens with zero attached hydrogens (tertiary/aromatic N) is 2. The summed E-state index contributed by atoms with van der Waals surface area (Å²) in [4.78, 5) is 16.1. The second-order valence-electron chi connectivity index (χ2n) is 8.30. The quantitative estimate of drug-likeness (QED) is 0.758. The summed E-state index contributed by atoms with van der Waals surface area (Å²) < 4.78 is 38.1. The van der Waals surface area contributed by atoms with Gasteiger partial charge in [-0.15, -0.1) is 0 Å². The highest BCUT2D eigenvalue weighted by atomic mass is 19.4. The fraction of sp³-hybridized carbons (Fsp3) is 0.682. The van der Waals surface area contributed by atoms with Gasteiger partial charge in [0.2, 0.25) is 5.91 Å². The van der Waals surface area contributed by atoms with E-state index in [1.54, 1.807) is 12.1 Å². The van der Waals surface area contributed by atoms with E-state index in [-0.39, 0.29) is 5.91 Å². The topological polar surface area (TPSA) is 35.6 Å². The fourth-order valence-corrected chi connectivity index (χ4v) is 4.38. The van der Waals surface area contributed by atoms with E-state index in [4.69, 9.17) is 0 Å². The van der Waals surface area contributed by atoms with Gasteiger partial charge in [0.25, 0.3) is 0 Å². The van der Waals surface area contributed by atoms with E-state index in [1.165, 1.54) is 31.4 Å². The van der Waals surface area contributed by atoms with Crippen molar-refractivity contribution in [3.8, 4) is 0 Å². The number of hydrogen-bond acceptors (Lipinski definition) is 3. The lowest BCUT2D eigenvalue weighted by molar-refractivity contribution is -0.137. The molecule has 1 saturated carbocycles. The highest BCUT2D eigenvalue weighted by molar-refractivity contribution is 5.75. The first-order chi connectivity index (χ1) is 13.8. The van der Waals surface area contributed by atoms with Crippen LogP contribution in [0.15, 0.2) is 24.3 Å². The van der Waals surface area contributed by atoms with Gasteiger partial charge in [-0.2, -0.15) is 13.2 Å². The molecule has 1 N–H and O–H groups in total. The minimum atomic E-state index is -4.28. The molecule has 2 fully saturated rings. The number of nitrogens with one attached hydrogen (secondary N) is 1. The standard InChI is InChI=1S/C22H32F3N3O/c1-2-21(29)26-19-7-3-17(4-8-19)11-12-27-13-15-28(16-14-27)20-9-5-18(6-10-20)22(23,24)25/h5-6,9-10,17,19H,2-4,7-8,11-16H2,1H3,(H,26,29). The van der Waals surface area contributed by atoms with Crippen molar-refractivity contribution < 1.29 is 18.0 Å². The lowest BCUT2D eigenvalue weighted by atomic mass is 9.84. The Morgan fingerprint density at radius 3 is 2.21 bits per heavy atom. The number of carbonyl (C=O) groups excluding carboxylic acids is 1. The van der Waals surface area contributed by atoms with Gasteiger partial charge in [0.05, 0.1) is 5.56 Å². The summed E-state index contributed by atoms with van der Waals surface area (Å²) in [6, 6.07) is 5.84. The van der Waals surface area contributed by atoms with Crippen molar-refractivity contribution in [3.05, 3.63) is 29.8 Å². The number of benzene rings is 1. The van der Waals surface area contributed by atoms with E-state index in [2.05, 4.69) is 15.1 Å². The average molecular weight is 412 g/mol. The van der Waals surface area contributed by atoms with Crippen molar-refractivity contribution in [3.63, 3.8) is 0 Å². The molecular weight excluding hydrogens is 379 g/mol. The van der Waals surface area contributed by atoms with Crippen molar-refractivity contribution in [1.29, 1.82) is 0 Å². The molecule has 0 aromatic heterocycles. The summed E-state index contributed by atoms with van der Waals surface area (Å²) in [6.07, 6.45) is 1.99. The Morgan fingerprint density at radius 2 is 1.66 bits per heavy atom. The van der Waals surface area contributed by atoms with Crippen molar-refractivity contribution in [2.75, 3.05) is 37.6 Å². The Kier molecular flexibility index (Phi) is 7.44. The molecule has 0 spiro atoms. The van der Waals surface area contributed by atoms with Crippen molar-refractivity contribution in [2.24, 2.45) is 5.92 Å². The van der Waals surface area contributed by atoms with E-state index >= 15 is 0 Å². The van der Waals surface area contributed by atoms with E-state index in [0.717, 1.165) is 57.2 Å². The Labute approximate surface area is 171 Å². The van der Waals surface area contributed by atoms with Gasteiger partial charge in [0.1, 0.15) is 0 Å². The Morgan fingerprint density at radius 1 is 1.03 bits per heavy atom. The minimum absolute atomic E-state index is 0.152. The van der Waals surface area contributed by atoms with Crippen molar-refractivity contribution in [1.82, 2.24) is 10.2 Å². The molecule has 1 aliphatic carbocycles. The average Bonchev–Trinajstić information content (AvgIpc) is 2.73. The molecule has 29 heavy (non-hydrogen) atoms. The van der Waals surface area contributed by atoms with Crippen LogP contribution in [0.2, 0.25) is 0 Å². The van der Waals surface area contributed by atoms with Crippen LogP contribution in [0.25, 0.3) is 0 Å². The van der Waals surface area contributed by atoms with Crippen LogP contribution in [-0.2, 0) is 11.0 Å². The van der Waals surface area contributed by atoms with Crippen LogP contribution in [-0.4, -0.2) is 49.6 Å². The van der Waals surface area contributed by atoms with Crippen LogP contribution >= 0.6 is 0 Å². The van der Waals surface area contributed by atoms with Gasteiger partial charge in [-0.3, -0.25) is 9.69 Å². The highest BCUT2D eigenvalue weighted by Gasteiger charge is 2.30. The largest absolute Gasteiger partial charge is 0.416 e. The number of halogens is 3. The number of rotatable bonds is 6. The number of piperazine rings is 1. The molecular formula is C22H32F3N3O. The second kappa shape index (κ2) is 9.83. The third-order valence-corrected chi connectivity index (χ3v) is 6.32. The lowest BCUT2D eigenvalue weighted by Gasteiger charge is -2.37. The predicted octanol–water partition coefficient (Wildman–Crippen LogP) is 4.30. The minimum Gasteiger partial charge on any atom is -0.369 e. The smallest absolute Gasteiger partial charge is 0.369 e. The molecule has 7 heteroatoms. The molecule has 1 amide bonds. The lowest BCUT2D eigenvalue weighted by Crippen LogP contribution is -2.47. The molecule has 1 aromatic rings. The van der Waals surface area contributed by atoms with Crippen LogP contribution < -0.4 is 10.2 Å². The van der Waals surface area contributed by atoms with Crippen molar-refractivity contribution >= 4 is 11.6 Å². The third-order valence-electron chi connectivity index (χ3n) is 6.32. The molecule has 1 saturated heterocycles. The number of carbonyl (C=O) groups is 1. The highest BCUT2D eigenvalue weighted by Crippen LogP contribution is 2.31. The molecule has 1 heterocycles. The van der Waals surface area contributed by atoms with Crippen LogP contribution in [0.1, 0.15) is 51.0 Å². The van der Waals surface area contributed by atoms with Gasteiger partial charge in [-0.05, 0) is 68.8 Å². The zero-order chi connectivity index (χ0) is 20.9. The van der Waals surface area contributed by atoms with Crippen LogP contribution in [0.4, 0.5) is 18.9 Å². The normalized spacial score (nSPS) is 23.8. The van der Waals surface area contributed by atoms with Gasteiger partial charge in [-0.1, -0.05) is 6.92 Å². The number of hydrogen-bond donors (Lipinski definition) is 1. The molecule has 4 nitrogen and oxygen atoms in total. The number of alkyl halides is 3. The fourth-order valence-electron chi connectivity index (χ4n) is 4.38. The van der Waals surface area contributed by atoms with E-state index < -0.39 is 11.7 Å². The molecule has 0 radical (unpaired) electrons. The summed E-state index contributed by atoms with van der Waals surface area (Å²) in [6.45, 7) is 6.56. The molecule has 162 valence electrons. The molecule has 2 aliphatic rings.